The average Bonchev–Trinajstić information content (AvgIpc) is 2.62. The van der Waals surface area contributed by atoms with Crippen molar-refractivity contribution in [1.29, 1.82) is 0 Å². The molecule has 0 amide bonds. The van der Waals surface area contributed by atoms with Gasteiger partial charge in [0.15, 0.2) is 0 Å². The van der Waals surface area contributed by atoms with Gasteiger partial charge in [0.2, 0.25) is 0 Å². The first-order chi connectivity index (χ1) is 6.27. The van der Waals surface area contributed by atoms with Gasteiger partial charge in [0, 0.05) is 15.7 Å². The predicted octanol–water partition coefficient (Wildman–Crippen LogP) is 4.13. The fourth-order valence-electron chi connectivity index (χ4n) is 1.37. The third-order valence-electron chi connectivity index (χ3n) is 2.16. The van der Waals surface area contributed by atoms with E-state index in [1.807, 2.05) is 18.7 Å². The SMILES string of the molecule is Cc1ccc(C2=CCCS2)cc1Cl. The van der Waals surface area contributed by atoms with E-state index in [-0.39, 0.29) is 0 Å². The highest BCUT2D eigenvalue weighted by atomic mass is 35.5. The summed E-state index contributed by atoms with van der Waals surface area (Å²) in [7, 11) is 0. The van der Waals surface area contributed by atoms with Crippen LogP contribution in [0.4, 0.5) is 0 Å². The molecule has 0 bridgehead atoms. The van der Waals surface area contributed by atoms with E-state index < -0.39 is 0 Å². The Hall–Kier alpha value is -0.400. The van der Waals surface area contributed by atoms with Crippen molar-refractivity contribution in [1.82, 2.24) is 0 Å². The van der Waals surface area contributed by atoms with Crippen LogP contribution in [0.25, 0.3) is 4.91 Å². The Morgan fingerprint density at radius 3 is 2.85 bits per heavy atom. The standard InChI is InChI=1S/C11H11ClS/c1-8-4-5-9(7-10(8)12)11-3-2-6-13-11/h3-5,7H,2,6H2,1H3. The number of benzene rings is 1. The number of hydrogen-bond donors (Lipinski definition) is 0. The van der Waals surface area contributed by atoms with E-state index in [1.165, 1.54) is 22.6 Å². The fourth-order valence-corrected chi connectivity index (χ4v) is 2.53. The molecule has 0 atom stereocenters. The summed E-state index contributed by atoms with van der Waals surface area (Å²) in [5.74, 6) is 1.21. The van der Waals surface area contributed by atoms with Gasteiger partial charge in [-0.25, -0.2) is 0 Å². The molecule has 0 aliphatic carbocycles. The van der Waals surface area contributed by atoms with Gasteiger partial charge in [0.25, 0.3) is 0 Å². The van der Waals surface area contributed by atoms with Gasteiger partial charge in [-0.1, -0.05) is 29.8 Å². The first-order valence-corrected chi connectivity index (χ1v) is 5.73. The molecule has 2 rings (SSSR count). The van der Waals surface area contributed by atoms with Crippen molar-refractivity contribution in [3.8, 4) is 0 Å². The lowest BCUT2D eigenvalue weighted by Crippen LogP contribution is -1.80. The van der Waals surface area contributed by atoms with Gasteiger partial charge in [-0.2, -0.15) is 0 Å². The first-order valence-electron chi connectivity index (χ1n) is 4.37. The van der Waals surface area contributed by atoms with E-state index >= 15 is 0 Å². The Morgan fingerprint density at radius 1 is 1.38 bits per heavy atom. The van der Waals surface area contributed by atoms with Crippen molar-refractivity contribution in [2.24, 2.45) is 0 Å². The quantitative estimate of drug-likeness (QED) is 0.672. The maximum absolute atomic E-state index is 6.06. The van der Waals surface area contributed by atoms with Gasteiger partial charge >= 0.3 is 0 Å². The van der Waals surface area contributed by atoms with Gasteiger partial charge in [0.05, 0.1) is 0 Å². The Balaban J connectivity index is 2.36. The molecular weight excluding hydrogens is 200 g/mol. The van der Waals surface area contributed by atoms with Crippen LogP contribution >= 0.6 is 23.4 Å². The zero-order valence-electron chi connectivity index (χ0n) is 7.51. The minimum Gasteiger partial charge on any atom is -0.126 e. The Bertz CT molecular complexity index is 355. The molecule has 1 aromatic rings. The molecule has 1 heterocycles. The molecule has 1 aliphatic rings. The van der Waals surface area contributed by atoms with Crippen LogP contribution in [0.1, 0.15) is 17.5 Å². The summed E-state index contributed by atoms with van der Waals surface area (Å²) in [5.41, 5.74) is 2.41. The minimum atomic E-state index is 0.867. The van der Waals surface area contributed by atoms with Crippen molar-refractivity contribution in [3.63, 3.8) is 0 Å². The number of allylic oxidation sites excluding steroid dienone is 1. The van der Waals surface area contributed by atoms with E-state index in [0.29, 0.717) is 0 Å². The fraction of sp³-hybridized carbons (Fsp3) is 0.273. The maximum Gasteiger partial charge on any atom is 0.0441 e. The molecule has 0 N–H and O–H groups in total. The Kier molecular flexibility index (Phi) is 2.66. The lowest BCUT2D eigenvalue weighted by atomic mass is 10.1. The molecule has 0 nitrogen and oxygen atoms in total. The van der Waals surface area contributed by atoms with E-state index in [0.717, 1.165) is 10.6 Å². The molecule has 1 aliphatic heterocycles. The van der Waals surface area contributed by atoms with Crippen molar-refractivity contribution in [2.45, 2.75) is 13.3 Å². The second kappa shape index (κ2) is 3.77. The van der Waals surface area contributed by atoms with Crippen LogP contribution in [0.2, 0.25) is 5.02 Å². The summed E-state index contributed by atoms with van der Waals surface area (Å²) in [4.78, 5) is 1.38. The molecule has 0 aromatic heterocycles. The summed E-state index contributed by atoms with van der Waals surface area (Å²) in [6.07, 6.45) is 3.47. The average molecular weight is 211 g/mol. The molecule has 0 fully saturated rings. The van der Waals surface area contributed by atoms with Crippen LogP contribution in [0, 0.1) is 6.92 Å². The third-order valence-corrected chi connectivity index (χ3v) is 3.72. The molecule has 0 saturated carbocycles. The van der Waals surface area contributed by atoms with Gasteiger partial charge in [-0.05, 0) is 30.5 Å². The monoisotopic (exact) mass is 210 g/mol. The molecule has 0 saturated heterocycles. The summed E-state index contributed by atoms with van der Waals surface area (Å²) in [6.45, 7) is 2.03. The summed E-state index contributed by atoms with van der Waals surface area (Å²) in [6, 6.07) is 6.28. The van der Waals surface area contributed by atoms with Crippen molar-refractivity contribution in [3.05, 3.63) is 40.4 Å². The van der Waals surface area contributed by atoms with Gasteiger partial charge in [-0.3, -0.25) is 0 Å². The molecule has 0 unspecified atom stereocenters. The van der Waals surface area contributed by atoms with Gasteiger partial charge in [0.1, 0.15) is 0 Å². The normalized spacial score (nSPS) is 16.0. The maximum atomic E-state index is 6.06. The number of halogens is 1. The first kappa shape index (κ1) is 9.17. The second-order valence-corrected chi connectivity index (χ2v) is 4.71. The van der Waals surface area contributed by atoms with E-state index in [9.17, 15) is 0 Å². The molecule has 1 aromatic carbocycles. The zero-order valence-corrected chi connectivity index (χ0v) is 9.08. The number of thioether (sulfide) groups is 1. The topological polar surface area (TPSA) is 0 Å². The van der Waals surface area contributed by atoms with Crippen molar-refractivity contribution >= 4 is 28.3 Å². The van der Waals surface area contributed by atoms with Gasteiger partial charge < -0.3 is 0 Å². The lowest BCUT2D eigenvalue weighted by molar-refractivity contribution is 1.28. The van der Waals surface area contributed by atoms with Crippen molar-refractivity contribution in [2.75, 3.05) is 5.75 Å². The number of hydrogen-bond acceptors (Lipinski definition) is 1. The van der Waals surface area contributed by atoms with Crippen molar-refractivity contribution < 1.29 is 0 Å². The smallest absolute Gasteiger partial charge is 0.0441 e. The molecule has 2 heteroatoms. The predicted molar refractivity (Wildman–Crippen MR) is 61.2 cm³/mol. The second-order valence-electron chi connectivity index (χ2n) is 3.17. The van der Waals surface area contributed by atoms with E-state index in [1.54, 1.807) is 0 Å². The highest BCUT2D eigenvalue weighted by molar-refractivity contribution is 8.08. The molecular formula is C11H11ClS. The molecule has 0 spiro atoms. The zero-order chi connectivity index (χ0) is 9.26. The highest BCUT2D eigenvalue weighted by Gasteiger charge is 2.08. The van der Waals surface area contributed by atoms with Crippen LogP contribution in [-0.2, 0) is 0 Å². The van der Waals surface area contributed by atoms with Crippen LogP contribution in [0.5, 0.6) is 0 Å². The highest BCUT2D eigenvalue weighted by Crippen LogP contribution is 2.35. The lowest BCUT2D eigenvalue weighted by Gasteiger charge is -2.03. The molecule has 0 radical (unpaired) electrons. The third kappa shape index (κ3) is 1.92. The minimum absolute atomic E-state index is 0.867. The number of aryl methyl sites for hydroxylation is 1. The number of rotatable bonds is 1. The summed E-state index contributed by atoms with van der Waals surface area (Å²) >= 11 is 7.97. The molecule has 13 heavy (non-hydrogen) atoms. The van der Waals surface area contributed by atoms with E-state index in [4.69, 9.17) is 11.6 Å². The van der Waals surface area contributed by atoms with Crippen LogP contribution in [-0.4, -0.2) is 5.75 Å². The van der Waals surface area contributed by atoms with Crippen LogP contribution < -0.4 is 0 Å². The largest absolute Gasteiger partial charge is 0.126 e. The summed E-state index contributed by atoms with van der Waals surface area (Å²) < 4.78 is 0. The Labute approximate surface area is 88.0 Å². The van der Waals surface area contributed by atoms with Crippen LogP contribution in [0.15, 0.2) is 24.3 Å². The molecule has 68 valence electrons. The van der Waals surface area contributed by atoms with Crippen LogP contribution in [0.3, 0.4) is 0 Å². The van der Waals surface area contributed by atoms with E-state index in [2.05, 4.69) is 24.3 Å². The van der Waals surface area contributed by atoms with Gasteiger partial charge in [-0.15, -0.1) is 11.8 Å². The Morgan fingerprint density at radius 2 is 2.23 bits per heavy atom. The summed E-state index contributed by atoms with van der Waals surface area (Å²) in [5, 5.41) is 0.867.